The number of nitrogens with zero attached hydrogens (tertiary/aromatic N) is 2. The van der Waals surface area contributed by atoms with Crippen molar-refractivity contribution in [2.24, 2.45) is 16.5 Å². The van der Waals surface area contributed by atoms with E-state index in [2.05, 4.69) is 4.99 Å². The summed E-state index contributed by atoms with van der Waals surface area (Å²) in [5.74, 6) is -2.31. The van der Waals surface area contributed by atoms with E-state index in [9.17, 15) is 18.0 Å². The molecule has 1 aliphatic rings. The third kappa shape index (κ3) is 3.81. The van der Waals surface area contributed by atoms with Crippen molar-refractivity contribution in [3.63, 3.8) is 0 Å². The van der Waals surface area contributed by atoms with Crippen LogP contribution in [0, 0.1) is 17.5 Å². The first kappa shape index (κ1) is 21.3. The van der Waals surface area contributed by atoms with Gasteiger partial charge in [-0.1, -0.05) is 27.3 Å². The maximum atomic E-state index is 14.6. The number of guanidine groups is 1. The Labute approximate surface area is 161 Å². The van der Waals surface area contributed by atoms with Gasteiger partial charge in [-0.3, -0.25) is 0 Å². The van der Waals surface area contributed by atoms with E-state index in [-0.39, 0.29) is 32.0 Å². The van der Waals surface area contributed by atoms with Crippen LogP contribution in [0.2, 0.25) is 0 Å². The van der Waals surface area contributed by atoms with Crippen LogP contribution in [0.15, 0.2) is 35.3 Å². The van der Waals surface area contributed by atoms with Crippen molar-refractivity contribution in [3.05, 3.63) is 58.9 Å². The van der Waals surface area contributed by atoms with Crippen LogP contribution in [0.4, 0.5) is 18.0 Å². The van der Waals surface area contributed by atoms with Gasteiger partial charge in [-0.2, -0.15) is 4.99 Å². The number of nitrogens with two attached hydrogens (primary N) is 2. The number of amides is 2. The zero-order valence-corrected chi connectivity index (χ0v) is 14.9. The highest BCUT2D eigenvalue weighted by molar-refractivity contribution is 5.91. The SMILES string of the molecule is C.CC1(C)CN(C(=O)N=C(N)N)Cc2c(-c3ccc(F)cc3F)ccc(F)c21. The molecule has 0 aromatic heterocycles. The molecule has 0 unspecified atom stereocenters. The second-order valence-corrected chi connectivity index (χ2v) is 7.13. The van der Waals surface area contributed by atoms with E-state index in [4.69, 9.17) is 11.5 Å². The Morgan fingerprint density at radius 1 is 1.07 bits per heavy atom. The molecule has 0 atom stereocenters. The zero-order valence-electron chi connectivity index (χ0n) is 14.9. The fourth-order valence-electron chi connectivity index (χ4n) is 3.59. The summed E-state index contributed by atoms with van der Waals surface area (Å²) < 4.78 is 42.3. The summed E-state index contributed by atoms with van der Waals surface area (Å²) in [7, 11) is 0. The molecule has 5 nitrogen and oxygen atoms in total. The minimum absolute atomic E-state index is 0. The smallest absolute Gasteiger partial charge is 0.347 e. The molecule has 8 heteroatoms. The maximum absolute atomic E-state index is 14.6. The fraction of sp³-hybridized carbons (Fsp3) is 0.300. The summed E-state index contributed by atoms with van der Waals surface area (Å²) >= 11 is 0. The molecule has 28 heavy (non-hydrogen) atoms. The van der Waals surface area contributed by atoms with Crippen molar-refractivity contribution in [1.82, 2.24) is 4.90 Å². The van der Waals surface area contributed by atoms with Crippen molar-refractivity contribution in [2.45, 2.75) is 33.2 Å². The highest BCUT2D eigenvalue weighted by Gasteiger charge is 2.38. The standard InChI is InChI=1S/C19H19F3N4O.CH4/c1-19(2)9-26(18(27)25-17(23)24)8-13-11(5-6-14(21)16(13)19)12-4-3-10(20)7-15(12)22;/h3-7H,8-9H2,1-2H3,(H4,23,24,25,27);1H4. The molecule has 150 valence electrons. The lowest BCUT2D eigenvalue weighted by Gasteiger charge is -2.40. The first-order valence-electron chi connectivity index (χ1n) is 8.26. The summed E-state index contributed by atoms with van der Waals surface area (Å²) in [4.78, 5) is 17.2. The molecule has 2 aromatic rings. The Kier molecular flexibility index (Phi) is 5.72. The van der Waals surface area contributed by atoms with Gasteiger partial charge in [0.15, 0.2) is 5.96 Å². The van der Waals surface area contributed by atoms with Gasteiger partial charge in [-0.25, -0.2) is 18.0 Å². The molecular weight excluding hydrogens is 369 g/mol. The van der Waals surface area contributed by atoms with Crippen molar-refractivity contribution in [2.75, 3.05) is 6.54 Å². The Bertz CT molecular complexity index is 953. The lowest BCUT2D eigenvalue weighted by atomic mass is 9.76. The van der Waals surface area contributed by atoms with Gasteiger partial charge in [0.25, 0.3) is 0 Å². The van der Waals surface area contributed by atoms with Crippen molar-refractivity contribution in [1.29, 1.82) is 0 Å². The molecule has 3 rings (SSSR count). The Morgan fingerprint density at radius 3 is 2.32 bits per heavy atom. The van der Waals surface area contributed by atoms with Gasteiger partial charge in [0, 0.05) is 35.7 Å². The molecule has 1 heterocycles. The van der Waals surface area contributed by atoms with Crippen LogP contribution in [0.1, 0.15) is 32.4 Å². The van der Waals surface area contributed by atoms with Crippen molar-refractivity contribution in [3.8, 4) is 11.1 Å². The molecule has 0 saturated heterocycles. The molecule has 0 bridgehead atoms. The third-order valence-electron chi connectivity index (χ3n) is 4.59. The predicted octanol–water partition coefficient (Wildman–Crippen LogP) is 3.89. The second-order valence-electron chi connectivity index (χ2n) is 7.13. The fourth-order valence-corrected chi connectivity index (χ4v) is 3.59. The van der Waals surface area contributed by atoms with Crippen molar-refractivity contribution >= 4 is 12.0 Å². The molecule has 4 N–H and O–H groups in total. The average molecular weight is 392 g/mol. The Balaban J connectivity index is 0.00000280. The molecule has 0 radical (unpaired) electrons. The summed E-state index contributed by atoms with van der Waals surface area (Å²) in [5, 5.41) is 0. The second kappa shape index (κ2) is 7.53. The molecule has 0 saturated carbocycles. The predicted molar refractivity (Wildman–Crippen MR) is 103 cm³/mol. The summed E-state index contributed by atoms with van der Waals surface area (Å²) in [6.07, 6.45) is 0. The summed E-state index contributed by atoms with van der Waals surface area (Å²) in [6, 6.07) is 5.21. The number of aliphatic imine (C=N–C) groups is 1. The molecule has 0 fully saturated rings. The van der Waals surface area contributed by atoms with Crippen LogP contribution >= 0.6 is 0 Å². The van der Waals surface area contributed by atoms with Gasteiger partial charge >= 0.3 is 6.03 Å². The van der Waals surface area contributed by atoms with E-state index in [1.54, 1.807) is 13.8 Å². The first-order valence-corrected chi connectivity index (χ1v) is 8.26. The number of fused-ring (bicyclic) bond motifs is 1. The van der Waals surface area contributed by atoms with Crippen molar-refractivity contribution < 1.29 is 18.0 Å². The lowest BCUT2D eigenvalue weighted by Crippen LogP contribution is -2.45. The molecule has 0 aliphatic carbocycles. The average Bonchev–Trinajstić information content (AvgIpc) is 2.54. The highest BCUT2D eigenvalue weighted by Crippen LogP contribution is 2.41. The molecule has 0 spiro atoms. The minimum Gasteiger partial charge on any atom is -0.370 e. The van der Waals surface area contributed by atoms with Crippen LogP contribution < -0.4 is 11.5 Å². The van der Waals surface area contributed by atoms with Gasteiger partial charge in [0.1, 0.15) is 17.5 Å². The number of urea groups is 1. The Hall–Kier alpha value is -3.03. The third-order valence-corrected chi connectivity index (χ3v) is 4.59. The van der Waals surface area contributed by atoms with Gasteiger partial charge < -0.3 is 16.4 Å². The van der Waals surface area contributed by atoms with E-state index in [0.717, 1.165) is 12.1 Å². The van der Waals surface area contributed by atoms with Gasteiger partial charge in [-0.15, -0.1) is 0 Å². The van der Waals surface area contributed by atoms with Crippen LogP contribution in [0.3, 0.4) is 0 Å². The first-order chi connectivity index (χ1) is 12.6. The quantitative estimate of drug-likeness (QED) is 0.570. The number of benzene rings is 2. The monoisotopic (exact) mass is 392 g/mol. The van der Waals surface area contributed by atoms with Crippen LogP contribution in [-0.4, -0.2) is 23.4 Å². The van der Waals surface area contributed by atoms with E-state index in [1.165, 1.54) is 23.1 Å². The van der Waals surface area contributed by atoms with E-state index < -0.39 is 28.9 Å². The summed E-state index contributed by atoms with van der Waals surface area (Å²) in [6.45, 7) is 3.73. The largest absolute Gasteiger partial charge is 0.370 e. The maximum Gasteiger partial charge on any atom is 0.347 e. The topological polar surface area (TPSA) is 84.7 Å². The summed E-state index contributed by atoms with van der Waals surface area (Å²) in [5.41, 5.74) is 11.1. The minimum atomic E-state index is -0.769. The van der Waals surface area contributed by atoms with E-state index >= 15 is 0 Å². The lowest BCUT2D eigenvalue weighted by molar-refractivity contribution is 0.181. The van der Waals surface area contributed by atoms with Crippen LogP contribution in [0.5, 0.6) is 0 Å². The van der Waals surface area contributed by atoms with Crippen LogP contribution in [-0.2, 0) is 12.0 Å². The number of hydrogen-bond acceptors (Lipinski definition) is 1. The van der Waals surface area contributed by atoms with Gasteiger partial charge in [0.2, 0.25) is 0 Å². The van der Waals surface area contributed by atoms with E-state index in [1.807, 2.05) is 0 Å². The number of carbonyl (C=O) groups is 1. The number of rotatable bonds is 1. The number of carbonyl (C=O) groups excluding carboxylic acids is 1. The normalized spacial score (nSPS) is 14.7. The molecule has 2 aromatic carbocycles. The molecule has 1 aliphatic heterocycles. The highest BCUT2D eigenvalue weighted by atomic mass is 19.1. The molecular formula is C20H23F3N4O. The number of halogens is 3. The zero-order chi connectivity index (χ0) is 19.9. The number of hydrogen-bond donors (Lipinski definition) is 2. The van der Waals surface area contributed by atoms with E-state index in [0.29, 0.717) is 16.7 Å². The van der Waals surface area contributed by atoms with Gasteiger partial charge in [-0.05, 0) is 29.3 Å². The van der Waals surface area contributed by atoms with Crippen LogP contribution in [0.25, 0.3) is 11.1 Å². The molecule has 2 amide bonds. The van der Waals surface area contributed by atoms with Gasteiger partial charge in [0.05, 0.1) is 0 Å². The Morgan fingerprint density at radius 2 is 1.71 bits per heavy atom.